The molecule has 0 aliphatic carbocycles. The minimum absolute atomic E-state index is 0.00428. The molecule has 0 aromatic carbocycles. The number of carbonyl (C=O) groups excluding carboxylic acids is 1. The molecule has 2 aromatic heterocycles. The van der Waals surface area contributed by atoms with Crippen LogP contribution in [0.2, 0.25) is 0 Å². The normalized spacial score (nSPS) is 16.9. The SMILES string of the molecule is CCOc1nccnc1N1CCC(N(C)C(=O)c2ccnn2CC)C1. The lowest BCUT2D eigenvalue weighted by Crippen LogP contribution is -2.40. The highest BCUT2D eigenvalue weighted by Gasteiger charge is 2.32. The Kier molecular flexibility index (Phi) is 5.16. The third kappa shape index (κ3) is 3.42. The Labute approximate surface area is 147 Å². The summed E-state index contributed by atoms with van der Waals surface area (Å²) in [6, 6.07) is 1.88. The maximum Gasteiger partial charge on any atom is 0.272 e. The zero-order valence-electron chi connectivity index (χ0n) is 14.9. The van der Waals surface area contributed by atoms with Crippen LogP contribution in [0.1, 0.15) is 30.8 Å². The molecule has 3 rings (SSSR count). The minimum Gasteiger partial charge on any atom is -0.475 e. The van der Waals surface area contributed by atoms with Crippen LogP contribution >= 0.6 is 0 Å². The van der Waals surface area contributed by atoms with Crippen LogP contribution in [-0.4, -0.2) is 63.3 Å². The number of likely N-dealkylation sites (N-methyl/N-ethyl adjacent to an activating group) is 1. The maximum atomic E-state index is 12.8. The summed E-state index contributed by atoms with van der Waals surface area (Å²) >= 11 is 0. The number of anilines is 1. The molecule has 1 saturated heterocycles. The van der Waals surface area contributed by atoms with Gasteiger partial charge in [-0.1, -0.05) is 0 Å². The molecule has 0 radical (unpaired) electrons. The Morgan fingerprint density at radius 1 is 1.32 bits per heavy atom. The first kappa shape index (κ1) is 17.2. The van der Waals surface area contributed by atoms with Crippen molar-refractivity contribution in [1.29, 1.82) is 0 Å². The Hall–Kier alpha value is -2.64. The van der Waals surface area contributed by atoms with Crippen LogP contribution in [0.25, 0.3) is 0 Å². The number of amides is 1. The van der Waals surface area contributed by atoms with Crippen LogP contribution in [0.4, 0.5) is 5.82 Å². The monoisotopic (exact) mass is 344 g/mol. The van der Waals surface area contributed by atoms with E-state index in [1.54, 1.807) is 34.2 Å². The van der Waals surface area contributed by atoms with Gasteiger partial charge in [0, 0.05) is 45.3 Å². The summed E-state index contributed by atoms with van der Waals surface area (Å²) in [5.74, 6) is 1.28. The Balaban J connectivity index is 1.71. The largest absolute Gasteiger partial charge is 0.475 e. The molecule has 0 saturated carbocycles. The first-order valence-electron chi connectivity index (χ1n) is 8.63. The minimum atomic E-state index is -0.00428. The predicted octanol–water partition coefficient (Wildman–Crippen LogP) is 1.44. The molecule has 2 aromatic rings. The van der Waals surface area contributed by atoms with Crippen LogP contribution in [-0.2, 0) is 6.54 Å². The molecule has 0 N–H and O–H groups in total. The fourth-order valence-corrected chi connectivity index (χ4v) is 3.14. The van der Waals surface area contributed by atoms with E-state index in [-0.39, 0.29) is 11.9 Å². The van der Waals surface area contributed by atoms with Gasteiger partial charge in [-0.3, -0.25) is 9.48 Å². The van der Waals surface area contributed by atoms with Gasteiger partial charge in [-0.25, -0.2) is 9.97 Å². The topological polar surface area (TPSA) is 76.4 Å². The van der Waals surface area contributed by atoms with E-state index in [9.17, 15) is 4.79 Å². The van der Waals surface area contributed by atoms with Crippen molar-refractivity contribution in [2.45, 2.75) is 32.9 Å². The van der Waals surface area contributed by atoms with Gasteiger partial charge in [0.15, 0.2) is 5.82 Å². The van der Waals surface area contributed by atoms with Crippen molar-refractivity contribution in [3.8, 4) is 5.88 Å². The Bertz CT molecular complexity index is 731. The lowest BCUT2D eigenvalue weighted by Gasteiger charge is -2.25. The second kappa shape index (κ2) is 7.50. The lowest BCUT2D eigenvalue weighted by molar-refractivity contribution is 0.0732. The number of hydrogen-bond donors (Lipinski definition) is 0. The average Bonchev–Trinajstić information content (AvgIpc) is 3.30. The average molecular weight is 344 g/mol. The number of rotatable bonds is 6. The molecule has 1 aliphatic rings. The Morgan fingerprint density at radius 3 is 2.88 bits per heavy atom. The smallest absolute Gasteiger partial charge is 0.272 e. The molecule has 1 unspecified atom stereocenters. The highest BCUT2D eigenvalue weighted by molar-refractivity contribution is 5.92. The maximum absolute atomic E-state index is 12.8. The van der Waals surface area contributed by atoms with Crippen LogP contribution in [0.15, 0.2) is 24.7 Å². The fourth-order valence-electron chi connectivity index (χ4n) is 3.14. The molecule has 1 aliphatic heterocycles. The molecule has 1 fully saturated rings. The van der Waals surface area contributed by atoms with Gasteiger partial charge in [0.05, 0.1) is 12.6 Å². The van der Waals surface area contributed by atoms with E-state index in [1.807, 2.05) is 20.9 Å². The number of aryl methyl sites for hydroxylation is 1. The molecule has 8 heteroatoms. The van der Waals surface area contributed by atoms with Gasteiger partial charge in [0.1, 0.15) is 5.69 Å². The van der Waals surface area contributed by atoms with E-state index in [0.29, 0.717) is 31.3 Å². The highest BCUT2D eigenvalue weighted by atomic mass is 16.5. The molecule has 25 heavy (non-hydrogen) atoms. The second-order valence-corrected chi connectivity index (χ2v) is 5.95. The predicted molar refractivity (Wildman–Crippen MR) is 93.8 cm³/mol. The standard InChI is InChI=1S/C17H24N6O2/c1-4-23-14(6-8-20-23)17(24)21(3)13-7-11-22(12-13)15-16(25-5-2)19-10-9-18-15/h6,8-10,13H,4-5,7,11-12H2,1-3H3. The summed E-state index contributed by atoms with van der Waals surface area (Å²) in [5, 5.41) is 4.18. The summed E-state index contributed by atoms with van der Waals surface area (Å²) in [5.41, 5.74) is 0.623. The van der Waals surface area contributed by atoms with Crippen molar-refractivity contribution in [2.75, 3.05) is 31.6 Å². The van der Waals surface area contributed by atoms with Gasteiger partial charge in [0.25, 0.3) is 11.8 Å². The molecule has 8 nitrogen and oxygen atoms in total. The molecular formula is C17H24N6O2. The third-order valence-corrected chi connectivity index (χ3v) is 4.49. The summed E-state index contributed by atoms with van der Waals surface area (Å²) < 4.78 is 7.30. The zero-order chi connectivity index (χ0) is 17.8. The van der Waals surface area contributed by atoms with Crippen LogP contribution in [0.5, 0.6) is 5.88 Å². The summed E-state index contributed by atoms with van der Waals surface area (Å²) in [7, 11) is 1.85. The first-order valence-corrected chi connectivity index (χ1v) is 8.63. The van der Waals surface area contributed by atoms with Crippen molar-refractivity contribution < 1.29 is 9.53 Å². The van der Waals surface area contributed by atoms with Gasteiger partial charge < -0.3 is 14.5 Å². The number of carbonyl (C=O) groups is 1. The van der Waals surface area contributed by atoms with Gasteiger partial charge in [0.2, 0.25) is 0 Å². The quantitative estimate of drug-likeness (QED) is 0.789. The molecule has 3 heterocycles. The molecule has 1 atom stereocenters. The second-order valence-electron chi connectivity index (χ2n) is 5.95. The van der Waals surface area contributed by atoms with Crippen molar-refractivity contribution >= 4 is 11.7 Å². The summed E-state index contributed by atoms with van der Waals surface area (Å²) in [6.45, 7) is 6.65. The van der Waals surface area contributed by atoms with Crippen LogP contribution in [0, 0.1) is 0 Å². The molecule has 134 valence electrons. The summed E-state index contributed by atoms with van der Waals surface area (Å²) in [6.07, 6.45) is 5.84. The van der Waals surface area contributed by atoms with Crippen molar-refractivity contribution in [3.05, 3.63) is 30.4 Å². The van der Waals surface area contributed by atoms with Crippen molar-refractivity contribution in [2.24, 2.45) is 0 Å². The van der Waals surface area contributed by atoms with Gasteiger partial charge >= 0.3 is 0 Å². The highest BCUT2D eigenvalue weighted by Crippen LogP contribution is 2.27. The van der Waals surface area contributed by atoms with Gasteiger partial charge in [-0.2, -0.15) is 5.10 Å². The van der Waals surface area contributed by atoms with E-state index in [0.717, 1.165) is 18.8 Å². The van der Waals surface area contributed by atoms with Crippen LogP contribution in [0.3, 0.4) is 0 Å². The molecular weight excluding hydrogens is 320 g/mol. The van der Waals surface area contributed by atoms with Crippen LogP contribution < -0.4 is 9.64 Å². The molecule has 1 amide bonds. The van der Waals surface area contributed by atoms with Crippen molar-refractivity contribution in [1.82, 2.24) is 24.6 Å². The Morgan fingerprint density at radius 2 is 2.12 bits per heavy atom. The fraction of sp³-hybridized carbons (Fsp3) is 0.529. The number of aromatic nitrogens is 4. The molecule has 0 spiro atoms. The zero-order valence-corrected chi connectivity index (χ0v) is 14.9. The number of ether oxygens (including phenoxy) is 1. The molecule has 0 bridgehead atoms. The lowest BCUT2D eigenvalue weighted by atomic mass is 10.2. The van der Waals surface area contributed by atoms with E-state index >= 15 is 0 Å². The van der Waals surface area contributed by atoms with E-state index in [1.165, 1.54) is 0 Å². The van der Waals surface area contributed by atoms with Gasteiger partial charge in [-0.15, -0.1) is 0 Å². The third-order valence-electron chi connectivity index (χ3n) is 4.49. The van der Waals surface area contributed by atoms with E-state index in [4.69, 9.17) is 4.74 Å². The van der Waals surface area contributed by atoms with Crippen molar-refractivity contribution in [3.63, 3.8) is 0 Å². The summed E-state index contributed by atoms with van der Waals surface area (Å²) in [4.78, 5) is 25.4. The van der Waals surface area contributed by atoms with Gasteiger partial charge in [-0.05, 0) is 26.3 Å². The first-order chi connectivity index (χ1) is 12.2. The van der Waals surface area contributed by atoms with E-state index in [2.05, 4.69) is 20.0 Å². The van der Waals surface area contributed by atoms with E-state index < -0.39 is 0 Å². The number of nitrogens with zero attached hydrogens (tertiary/aromatic N) is 6. The number of hydrogen-bond acceptors (Lipinski definition) is 6.